The maximum atomic E-state index is 5.42. The molecule has 2 atom stereocenters. The van der Waals surface area contributed by atoms with E-state index in [-0.39, 0.29) is 5.92 Å². The van der Waals surface area contributed by atoms with Crippen molar-refractivity contribution in [1.29, 1.82) is 0 Å². The fourth-order valence-corrected chi connectivity index (χ4v) is 3.67. The van der Waals surface area contributed by atoms with Crippen LogP contribution in [0.5, 0.6) is 5.88 Å². The Morgan fingerprint density at radius 2 is 2.29 bits per heavy atom. The van der Waals surface area contributed by atoms with Crippen molar-refractivity contribution >= 4 is 11.8 Å². The van der Waals surface area contributed by atoms with E-state index in [9.17, 15) is 0 Å². The van der Waals surface area contributed by atoms with Crippen LogP contribution in [0.4, 0.5) is 0 Å². The second-order valence-electron chi connectivity index (χ2n) is 4.73. The zero-order valence-corrected chi connectivity index (χ0v) is 12.8. The molecule has 0 aliphatic carbocycles. The van der Waals surface area contributed by atoms with Gasteiger partial charge in [-0.05, 0) is 12.6 Å². The van der Waals surface area contributed by atoms with Gasteiger partial charge in [0.2, 0.25) is 17.6 Å². The molecule has 0 saturated carbocycles. The van der Waals surface area contributed by atoms with E-state index in [0.717, 1.165) is 18.1 Å². The number of nitrogens with one attached hydrogen (secondary N) is 1. The van der Waals surface area contributed by atoms with Crippen LogP contribution in [0.15, 0.2) is 16.7 Å². The van der Waals surface area contributed by atoms with E-state index in [2.05, 4.69) is 32.6 Å². The summed E-state index contributed by atoms with van der Waals surface area (Å²) in [6.45, 7) is 3.04. The summed E-state index contributed by atoms with van der Waals surface area (Å²) < 4.78 is 10.4. The number of hydrogen-bond acceptors (Lipinski definition) is 8. The highest BCUT2D eigenvalue weighted by Crippen LogP contribution is 2.32. The Bertz CT molecular complexity index is 589. The first kappa shape index (κ1) is 14.3. The van der Waals surface area contributed by atoms with Gasteiger partial charge in [0.25, 0.3) is 0 Å². The van der Waals surface area contributed by atoms with Crippen LogP contribution in [-0.4, -0.2) is 51.5 Å². The molecule has 2 unspecified atom stereocenters. The number of thioether (sulfide) groups is 1. The van der Waals surface area contributed by atoms with Gasteiger partial charge in [0, 0.05) is 23.6 Å². The number of aromatic nitrogens is 4. The summed E-state index contributed by atoms with van der Waals surface area (Å²) in [7, 11) is 1.55. The van der Waals surface area contributed by atoms with Gasteiger partial charge in [-0.15, -0.1) is 10.2 Å². The zero-order valence-electron chi connectivity index (χ0n) is 11.9. The third-order valence-electron chi connectivity index (χ3n) is 3.38. The Hall–Kier alpha value is -1.67. The van der Waals surface area contributed by atoms with E-state index in [1.54, 1.807) is 19.2 Å². The summed E-state index contributed by atoms with van der Waals surface area (Å²) in [6, 6.07) is 3.88. The highest BCUT2D eigenvalue weighted by molar-refractivity contribution is 7.99. The fourth-order valence-electron chi connectivity index (χ4n) is 2.30. The van der Waals surface area contributed by atoms with Gasteiger partial charge in [0.1, 0.15) is 5.69 Å². The third-order valence-corrected chi connectivity index (χ3v) is 4.57. The molecule has 1 N–H and O–H groups in total. The largest absolute Gasteiger partial charge is 0.480 e. The van der Waals surface area contributed by atoms with Crippen LogP contribution < -0.4 is 10.1 Å². The predicted octanol–water partition coefficient (Wildman–Crippen LogP) is 1.34. The second-order valence-corrected chi connectivity index (χ2v) is 5.80. The zero-order chi connectivity index (χ0) is 14.7. The van der Waals surface area contributed by atoms with Crippen LogP contribution in [0.1, 0.15) is 18.7 Å². The summed E-state index contributed by atoms with van der Waals surface area (Å²) in [5.74, 6) is 3.90. The molecule has 21 heavy (non-hydrogen) atoms. The molecular formula is C13H17N5O2S. The lowest BCUT2D eigenvalue weighted by atomic mass is 10.0. The molecule has 2 aromatic rings. The molecule has 1 saturated heterocycles. The van der Waals surface area contributed by atoms with E-state index in [4.69, 9.17) is 9.26 Å². The topological polar surface area (TPSA) is 86.0 Å². The van der Waals surface area contributed by atoms with Crippen molar-refractivity contribution in [1.82, 2.24) is 25.7 Å². The molecule has 1 fully saturated rings. The monoisotopic (exact) mass is 307 g/mol. The number of likely N-dealkylation sites (N-methyl/N-ethyl adjacent to an activating group) is 1. The molecule has 112 valence electrons. The molecule has 7 nitrogen and oxygen atoms in total. The van der Waals surface area contributed by atoms with Gasteiger partial charge in [-0.2, -0.15) is 16.7 Å². The van der Waals surface area contributed by atoms with E-state index in [1.807, 2.05) is 11.8 Å². The molecule has 0 amide bonds. The normalized spacial score (nSPS) is 21.6. The highest BCUT2D eigenvalue weighted by atomic mass is 32.2. The maximum absolute atomic E-state index is 5.42. The molecular weight excluding hydrogens is 290 g/mol. The molecule has 8 heteroatoms. The summed E-state index contributed by atoms with van der Waals surface area (Å²) >= 11 is 1.90. The lowest BCUT2D eigenvalue weighted by Crippen LogP contribution is -2.34. The second kappa shape index (κ2) is 6.40. The maximum Gasteiger partial charge on any atom is 0.233 e. The third kappa shape index (κ3) is 3.01. The minimum absolute atomic E-state index is 0.252. The Morgan fingerprint density at radius 3 is 3.00 bits per heavy atom. The summed E-state index contributed by atoms with van der Waals surface area (Å²) in [5.41, 5.74) is 0.580. The molecule has 0 bridgehead atoms. The van der Waals surface area contributed by atoms with Crippen molar-refractivity contribution in [2.75, 3.05) is 25.2 Å². The summed E-state index contributed by atoms with van der Waals surface area (Å²) in [5, 5.41) is 15.4. The van der Waals surface area contributed by atoms with Gasteiger partial charge >= 0.3 is 0 Å². The van der Waals surface area contributed by atoms with Crippen molar-refractivity contribution < 1.29 is 9.26 Å². The van der Waals surface area contributed by atoms with E-state index in [0.29, 0.717) is 29.3 Å². The van der Waals surface area contributed by atoms with Gasteiger partial charge in [0.05, 0.1) is 13.0 Å². The Morgan fingerprint density at radius 1 is 1.38 bits per heavy atom. The molecule has 3 rings (SSSR count). The first-order chi connectivity index (χ1) is 10.3. The standard InChI is InChI=1S/C13H17N5O2S/c1-3-14-10-7-21-6-8(10)13-15-12(18-20-13)9-4-5-11(19-2)17-16-9/h4-5,8,10,14H,3,6-7H2,1-2H3. The van der Waals surface area contributed by atoms with Crippen molar-refractivity contribution in [3.05, 3.63) is 18.0 Å². The highest BCUT2D eigenvalue weighted by Gasteiger charge is 2.33. The average Bonchev–Trinajstić information content (AvgIpc) is 3.16. The molecule has 3 heterocycles. The number of rotatable bonds is 5. The van der Waals surface area contributed by atoms with Gasteiger partial charge < -0.3 is 14.6 Å². The Balaban J connectivity index is 1.79. The minimum atomic E-state index is 0.252. The Kier molecular flexibility index (Phi) is 4.35. The predicted molar refractivity (Wildman–Crippen MR) is 79.4 cm³/mol. The van der Waals surface area contributed by atoms with Crippen molar-refractivity contribution in [3.8, 4) is 17.4 Å². The van der Waals surface area contributed by atoms with Crippen molar-refractivity contribution in [3.63, 3.8) is 0 Å². The van der Waals surface area contributed by atoms with E-state index >= 15 is 0 Å². The first-order valence-electron chi connectivity index (χ1n) is 6.84. The molecule has 0 aromatic carbocycles. The van der Waals surface area contributed by atoms with Gasteiger partial charge in [-0.25, -0.2) is 0 Å². The molecule has 2 aromatic heterocycles. The minimum Gasteiger partial charge on any atom is -0.480 e. The number of hydrogen-bond donors (Lipinski definition) is 1. The quantitative estimate of drug-likeness (QED) is 0.885. The molecule has 0 spiro atoms. The van der Waals surface area contributed by atoms with Gasteiger partial charge in [-0.3, -0.25) is 0 Å². The van der Waals surface area contributed by atoms with Crippen LogP contribution in [0.2, 0.25) is 0 Å². The number of methoxy groups -OCH3 is 1. The van der Waals surface area contributed by atoms with Gasteiger partial charge in [0.15, 0.2) is 0 Å². The van der Waals surface area contributed by atoms with Crippen LogP contribution in [0, 0.1) is 0 Å². The first-order valence-corrected chi connectivity index (χ1v) is 8.00. The van der Waals surface area contributed by atoms with E-state index < -0.39 is 0 Å². The fraction of sp³-hybridized carbons (Fsp3) is 0.538. The number of nitrogens with zero attached hydrogens (tertiary/aromatic N) is 4. The summed E-state index contributed by atoms with van der Waals surface area (Å²) in [4.78, 5) is 4.48. The number of ether oxygens (including phenoxy) is 1. The lowest BCUT2D eigenvalue weighted by molar-refractivity contribution is 0.340. The SMILES string of the molecule is CCNC1CSCC1c1nc(-c2ccc(OC)nn2)no1. The smallest absolute Gasteiger partial charge is 0.233 e. The molecule has 1 aliphatic rings. The van der Waals surface area contributed by atoms with Gasteiger partial charge in [-0.1, -0.05) is 12.1 Å². The van der Waals surface area contributed by atoms with Crippen molar-refractivity contribution in [2.24, 2.45) is 0 Å². The summed E-state index contributed by atoms with van der Waals surface area (Å²) in [6.07, 6.45) is 0. The Labute approximate surface area is 126 Å². The molecule has 0 radical (unpaired) electrons. The van der Waals surface area contributed by atoms with E-state index in [1.165, 1.54) is 0 Å². The van der Waals surface area contributed by atoms with Crippen LogP contribution >= 0.6 is 11.8 Å². The van der Waals surface area contributed by atoms with Crippen LogP contribution in [0.25, 0.3) is 11.5 Å². The lowest BCUT2D eigenvalue weighted by Gasteiger charge is -2.15. The van der Waals surface area contributed by atoms with Crippen molar-refractivity contribution in [2.45, 2.75) is 18.9 Å². The van der Waals surface area contributed by atoms with Crippen LogP contribution in [-0.2, 0) is 0 Å². The average molecular weight is 307 g/mol. The molecule has 1 aliphatic heterocycles. The van der Waals surface area contributed by atoms with Crippen LogP contribution in [0.3, 0.4) is 0 Å².